The molecule has 0 spiro atoms. The molecule has 0 radical (unpaired) electrons. The van der Waals surface area contributed by atoms with E-state index in [1.165, 1.54) is 32.7 Å². The number of hydrogen-bond donors (Lipinski definition) is 1. The second kappa shape index (κ2) is 41.6. The topological polar surface area (TPSA) is 192 Å². The Morgan fingerprint density at radius 2 is 1.33 bits per heavy atom. The van der Waals surface area contributed by atoms with Crippen molar-refractivity contribution >= 4 is 63.0 Å². The van der Waals surface area contributed by atoms with Crippen molar-refractivity contribution in [3.8, 4) is 23.0 Å². The molecule has 0 aliphatic carbocycles. The van der Waals surface area contributed by atoms with Crippen molar-refractivity contribution in [3.05, 3.63) is 76.1 Å². The van der Waals surface area contributed by atoms with E-state index in [1.54, 1.807) is 35.9 Å². The summed E-state index contributed by atoms with van der Waals surface area (Å²) >= 11 is 0. The van der Waals surface area contributed by atoms with Crippen LogP contribution in [0.1, 0.15) is 131 Å². The van der Waals surface area contributed by atoms with Crippen LogP contribution in [0.15, 0.2) is 75.5 Å². The molecule has 2 aliphatic heterocycles. The van der Waals surface area contributed by atoms with E-state index < -0.39 is 0 Å². The zero-order chi connectivity index (χ0) is 59.2. The van der Waals surface area contributed by atoms with Crippen LogP contribution in [0.2, 0.25) is 0 Å². The fraction of sp³-hybridized carbons (Fsp3) is 0.542. The number of aromatic nitrogens is 2. The lowest BCUT2D eigenvalue weighted by Crippen LogP contribution is -2.27. The Kier molecular flexibility index (Phi) is 40.3. The lowest BCUT2D eigenvalue weighted by Gasteiger charge is -2.18. The molecule has 4 aromatic rings. The van der Waals surface area contributed by atoms with Crippen LogP contribution in [0.3, 0.4) is 0 Å². The van der Waals surface area contributed by atoms with E-state index in [2.05, 4.69) is 37.7 Å². The van der Waals surface area contributed by atoms with E-state index >= 15 is 0 Å². The number of aliphatic hydroxyl groups excluding tert-OH is 1. The summed E-state index contributed by atoms with van der Waals surface area (Å²) in [6, 6.07) is 6.93. The number of carbonyl (C=O) groups excluding carboxylic acids is 4. The number of likely N-dealkylation sites (N-methyl/N-ethyl adjacent to an activating group) is 3. The molecule has 428 valence electrons. The molecule has 4 heterocycles. The molecule has 2 aromatic carbocycles. The van der Waals surface area contributed by atoms with Crippen molar-refractivity contribution in [1.82, 2.24) is 24.3 Å². The molecule has 2 aliphatic rings. The number of aliphatic hydroxyl groups is 1. The predicted octanol–water partition coefficient (Wildman–Crippen LogP) is 12.2. The van der Waals surface area contributed by atoms with Crippen molar-refractivity contribution in [1.29, 1.82) is 0 Å². The fourth-order valence-electron chi connectivity index (χ4n) is 5.85. The van der Waals surface area contributed by atoms with Crippen LogP contribution in [0.4, 0.5) is 0 Å². The predicted molar refractivity (Wildman–Crippen MR) is 314 cm³/mol. The van der Waals surface area contributed by atoms with Gasteiger partial charge in [0, 0.05) is 91.9 Å². The van der Waals surface area contributed by atoms with Crippen molar-refractivity contribution in [3.63, 3.8) is 0 Å². The minimum Gasteiger partial charge on any atom is -0.512 e. The number of methoxy groups -OCH3 is 1. The van der Waals surface area contributed by atoms with Gasteiger partial charge in [-0.05, 0) is 66.2 Å². The van der Waals surface area contributed by atoms with E-state index in [9.17, 15) is 29.1 Å². The number of amides is 2. The van der Waals surface area contributed by atoms with Crippen molar-refractivity contribution in [2.75, 3.05) is 68.8 Å². The van der Waals surface area contributed by atoms with Crippen LogP contribution in [-0.2, 0) is 30.5 Å². The molecule has 0 saturated carbocycles. The maximum absolute atomic E-state index is 13.7. The highest BCUT2D eigenvalue weighted by Crippen LogP contribution is 2.40. The van der Waals surface area contributed by atoms with Gasteiger partial charge in [0.15, 0.2) is 23.0 Å². The number of pyridine rings is 2. The second-order valence-electron chi connectivity index (χ2n) is 17.1. The molecule has 2 aromatic heterocycles. The van der Waals surface area contributed by atoms with E-state index in [-0.39, 0.29) is 41.8 Å². The van der Waals surface area contributed by atoms with Crippen LogP contribution in [0.25, 0.3) is 32.6 Å². The average molecular weight is 1070 g/mol. The summed E-state index contributed by atoms with van der Waals surface area (Å²) in [5, 5.41) is 12.3. The summed E-state index contributed by atoms with van der Waals surface area (Å²) in [5.74, 6) is 2.13. The Labute approximate surface area is 455 Å². The molecular formula is C59H96N6O11. The van der Waals surface area contributed by atoms with Crippen LogP contribution < -0.4 is 24.5 Å². The summed E-state index contributed by atoms with van der Waals surface area (Å²) in [6.45, 7) is 37.0. The van der Waals surface area contributed by atoms with Crippen LogP contribution >= 0.6 is 0 Å². The van der Waals surface area contributed by atoms with Gasteiger partial charge in [-0.2, -0.15) is 0 Å². The zero-order valence-corrected chi connectivity index (χ0v) is 50.6. The highest BCUT2D eigenvalue weighted by molar-refractivity contribution is 6.15. The summed E-state index contributed by atoms with van der Waals surface area (Å²) in [5.41, 5.74) is 3.22. The van der Waals surface area contributed by atoms with E-state index in [4.69, 9.17) is 23.7 Å². The Hall–Kier alpha value is -6.59. The molecule has 0 saturated heterocycles. The number of imide groups is 1. The Balaban J connectivity index is -0.00000101. The van der Waals surface area contributed by atoms with Gasteiger partial charge in [0.05, 0.1) is 35.0 Å². The minimum atomic E-state index is -0.241. The van der Waals surface area contributed by atoms with Gasteiger partial charge in [-0.25, -0.2) is 0 Å². The molecular weight excluding hydrogens is 969 g/mol. The lowest BCUT2D eigenvalue weighted by molar-refractivity contribution is -0.143. The number of carbonyl (C=O) groups is 4. The van der Waals surface area contributed by atoms with Crippen molar-refractivity contribution < 1.29 is 48.0 Å². The highest BCUT2D eigenvalue weighted by atomic mass is 16.7. The normalized spacial score (nSPS) is 11.7. The maximum Gasteiger partial charge on any atom is 0.305 e. The van der Waals surface area contributed by atoms with E-state index in [1.807, 2.05) is 139 Å². The third-order valence-corrected chi connectivity index (χ3v) is 9.64. The van der Waals surface area contributed by atoms with Gasteiger partial charge in [0.1, 0.15) is 6.61 Å². The van der Waals surface area contributed by atoms with Gasteiger partial charge < -0.3 is 43.2 Å². The lowest BCUT2D eigenvalue weighted by atomic mass is 10.0. The number of nitrogens with zero attached hydrogens (tertiary/aromatic N) is 6. The molecule has 0 unspecified atom stereocenters. The van der Waals surface area contributed by atoms with Gasteiger partial charge in [-0.15, -0.1) is 0 Å². The summed E-state index contributed by atoms with van der Waals surface area (Å²) < 4.78 is 28.1. The number of allylic oxidation sites excluding steroid dienone is 3. The SMILES string of the molecule is CC.CC.CC.CC.CC(C)=C(/C=C(/O)C(C)C)N=CC(C)C.CCC.CCC(=O)OCCN(C)C.CN1C(=O)C=CC1=O.COc1cc2c(cc1OC=O)c(=O)n(CCN(C)C)c1c3cc4c(cc3ncc21)OCO4. The van der Waals surface area contributed by atoms with Crippen molar-refractivity contribution in [2.24, 2.45) is 16.8 Å². The van der Waals surface area contributed by atoms with Crippen LogP contribution in [0.5, 0.6) is 23.0 Å². The monoisotopic (exact) mass is 1060 g/mol. The van der Waals surface area contributed by atoms with Gasteiger partial charge >= 0.3 is 5.97 Å². The third kappa shape index (κ3) is 25.3. The molecule has 0 bridgehead atoms. The van der Waals surface area contributed by atoms with Gasteiger partial charge in [0.25, 0.3) is 23.8 Å². The number of benzene rings is 2. The summed E-state index contributed by atoms with van der Waals surface area (Å²) in [6.07, 6.45) is 9.61. The zero-order valence-electron chi connectivity index (χ0n) is 50.6. The first-order valence-corrected chi connectivity index (χ1v) is 26.6. The molecule has 6 rings (SSSR count). The number of esters is 1. The maximum atomic E-state index is 13.7. The number of aliphatic imine (C=N–C) groups is 1. The number of fused-ring (bicyclic) bond motifs is 6. The van der Waals surface area contributed by atoms with E-state index in [0.717, 1.165) is 39.0 Å². The average Bonchev–Trinajstić information content (AvgIpc) is 3.99. The fourth-order valence-corrected chi connectivity index (χ4v) is 5.85. The smallest absolute Gasteiger partial charge is 0.305 e. The summed E-state index contributed by atoms with van der Waals surface area (Å²) in [7, 11) is 10.7. The number of rotatable bonds is 14. The third-order valence-electron chi connectivity index (χ3n) is 9.64. The van der Waals surface area contributed by atoms with Gasteiger partial charge in [-0.3, -0.25) is 38.8 Å². The second-order valence-corrected chi connectivity index (χ2v) is 17.1. The molecule has 76 heavy (non-hydrogen) atoms. The number of hydrogen-bond acceptors (Lipinski definition) is 15. The van der Waals surface area contributed by atoms with Crippen molar-refractivity contribution in [2.45, 2.75) is 137 Å². The first-order valence-electron chi connectivity index (χ1n) is 26.6. The standard InChI is InChI=1S/C23H21N3O6.C13H23NO.C7H15NO2.C5H5NO2.C3H8.4C2H6/c1-25(2)4-5-26-22-15-8-20-21(32-12-31-20)9-17(15)24-10-16(22)13-6-18(29-3)19(30-11-27)7-14(13)23(26)28;1-9(2)8-14-12(10(3)4)7-13(15)11(5)6;1-4-7(9)10-6-5-8(2)3;1-6-4(7)2-3-5(6)8;1-3-2;4*1-2/h6-11H,4-5,12H2,1-3H3;7-9,11,15H,1-6H3;4-6H2,1-3H3;2-3H,1H3;3H2,1-2H3;4*1-2H3/b;13-7+,14-8?;;;;;;;. The first kappa shape index (κ1) is 73.7. The van der Waals surface area contributed by atoms with Crippen LogP contribution in [-0.4, -0.2) is 129 Å². The molecule has 2 amide bonds. The Bertz CT molecular complexity index is 2520. The highest BCUT2D eigenvalue weighted by Gasteiger charge is 2.22. The molecule has 17 heteroatoms. The quantitative estimate of drug-likeness (QED) is 0.0238. The molecule has 1 N–H and O–H groups in total. The summed E-state index contributed by atoms with van der Waals surface area (Å²) in [4.78, 5) is 70.0. The largest absolute Gasteiger partial charge is 0.512 e. The van der Waals surface area contributed by atoms with E-state index in [0.29, 0.717) is 77.8 Å². The number of ether oxygens (including phenoxy) is 5. The molecule has 0 fully saturated rings. The first-order chi connectivity index (χ1) is 36.1. The van der Waals surface area contributed by atoms with Gasteiger partial charge in [0.2, 0.25) is 6.79 Å². The van der Waals surface area contributed by atoms with Gasteiger partial charge in [-0.1, -0.05) is 116 Å². The Morgan fingerprint density at radius 1 is 0.803 bits per heavy atom. The minimum absolute atomic E-state index is 0.123. The van der Waals surface area contributed by atoms with Crippen LogP contribution in [0, 0.1) is 11.8 Å². The molecule has 0 atom stereocenters. The molecule has 17 nitrogen and oxygen atoms in total. The Morgan fingerprint density at radius 3 is 1.76 bits per heavy atom.